The number of primary amides is 1. The Hall–Kier alpha value is -3.85. The molecule has 3 aromatic heterocycles. The third-order valence-electron chi connectivity index (χ3n) is 6.59. The Kier molecular flexibility index (Phi) is 6.30. The van der Waals surface area contributed by atoms with E-state index in [2.05, 4.69) is 22.3 Å². The van der Waals surface area contributed by atoms with Crippen molar-refractivity contribution in [2.75, 3.05) is 11.9 Å². The first-order valence-electron chi connectivity index (χ1n) is 12.0. The van der Waals surface area contributed by atoms with E-state index in [-0.39, 0.29) is 5.91 Å². The van der Waals surface area contributed by atoms with Crippen molar-refractivity contribution in [3.8, 4) is 10.6 Å². The molecular weight excluding hydrogens is 500 g/mol. The van der Waals surface area contributed by atoms with Crippen LogP contribution in [0.2, 0.25) is 0 Å². The lowest BCUT2D eigenvalue weighted by Gasteiger charge is -2.27. The van der Waals surface area contributed by atoms with Gasteiger partial charge in [0.05, 0.1) is 27.2 Å². The molecule has 2 aromatic carbocycles. The molecule has 0 saturated heterocycles. The van der Waals surface area contributed by atoms with E-state index in [1.165, 1.54) is 16.9 Å². The van der Waals surface area contributed by atoms with Gasteiger partial charge in [0.2, 0.25) is 0 Å². The molecule has 6 rings (SSSR count). The third kappa shape index (κ3) is 4.67. The van der Waals surface area contributed by atoms with Crippen molar-refractivity contribution in [1.29, 1.82) is 0 Å². The maximum atomic E-state index is 13.7. The van der Waals surface area contributed by atoms with E-state index in [0.29, 0.717) is 29.1 Å². The van der Waals surface area contributed by atoms with Crippen LogP contribution in [0.5, 0.6) is 0 Å². The largest absolute Gasteiger partial charge is 0.365 e. The number of thiophene rings is 2. The van der Waals surface area contributed by atoms with Crippen LogP contribution in [0.1, 0.15) is 36.7 Å². The lowest BCUT2D eigenvalue weighted by Crippen LogP contribution is -2.30. The molecule has 0 atom stereocenters. The number of carbonyl (C=O) groups excluding carboxylic acids is 2. The summed E-state index contributed by atoms with van der Waals surface area (Å²) in [7, 11) is 0. The highest BCUT2D eigenvalue weighted by molar-refractivity contribution is 7.17. The summed E-state index contributed by atoms with van der Waals surface area (Å²) in [5.41, 5.74) is 10.5. The van der Waals surface area contributed by atoms with Crippen molar-refractivity contribution in [1.82, 2.24) is 9.88 Å². The smallest absolute Gasteiger partial charge is 0.257 e. The zero-order valence-electron chi connectivity index (χ0n) is 19.9. The van der Waals surface area contributed by atoms with E-state index < -0.39 is 5.91 Å². The minimum atomic E-state index is -0.511. The van der Waals surface area contributed by atoms with Crippen LogP contribution in [-0.4, -0.2) is 28.2 Å². The van der Waals surface area contributed by atoms with Gasteiger partial charge in [0.25, 0.3) is 11.8 Å². The number of nitrogens with two attached hydrogens (primary N) is 1. The monoisotopic (exact) mass is 524 g/mol. The minimum Gasteiger partial charge on any atom is -0.365 e. The number of anilines is 1. The van der Waals surface area contributed by atoms with Crippen LogP contribution < -0.4 is 11.1 Å². The van der Waals surface area contributed by atoms with Gasteiger partial charge in [-0.05, 0) is 41.1 Å². The molecule has 0 radical (unpaired) electrons. The van der Waals surface area contributed by atoms with Crippen molar-refractivity contribution < 1.29 is 9.59 Å². The molecule has 0 fully saturated rings. The summed E-state index contributed by atoms with van der Waals surface area (Å²) in [6.07, 6.45) is 0.716. The van der Waals surface area contributed by atoms with Gasteiger partial charge >= 0.3 is 0 Å². The van der Waals surface area contributed by atoms with E-state index >= 15 is 0 Å². The normalized spacial score (nSPS) is 13.4. The van der Waals surface area contributed by atoms with Gasteiger partial charge in [0, 0.05) is 29.9 Å². The maximum Gasteiger partial charge on any atom is 0.257 e. The molecule has 0 spiro atoms. The SMILES string of the molecule is NC(=O)c1c(NC(=O)c2cc(-c3cccs3)nc3ccccc23)sc2c1CCN(Cc1ccccc1)C2. The second kappa shape index (κ2) is 9.89. The Labute approximate surface area is 222 Å². The molecule has 8 heteroatoms. The molecule has 4 heterocycles. The zero-order valence-corrected chi connectivity index (χ0v) is 21.6. The zero-order chi connectivity index (χ0) is 25.4. The molecule has 5 aromatic rings. The van der Waals surface area contributed by atoms with Gasteiger partial charge in [0.15, 0.2) is 0 Å². The first kappa shape index (κ1) is 23.5. The molecule has 0 saturated carbocycles. The average molecular weight is 525 g/mol. The second-order valence-electron chi connectivity index (χ2n) is 9.02. The third-order valence-corrected chi connectivity index (χ3v) is 8.62. The number of carbonyl (C=O) groups is 2. The second-order valence-corrected chi connectivity index (χ2v) is 11.1. The standard InChI is InChI=1S/C29H24N4O2S2/c30-27(34)26-20-12-13-33(16-18-7-2-1-3-8-18)17-25(20)37-29(26)32-28(35)21-15-23(24-11-6-14-36-24)31-22-10-5-4-9-19(21)22/h1-11,14-15H,12-13,16-17H2,(H2,30,34)(H,32,35). The Morgan fingerprint density at radius 1 is 1.03 bits per heavy atom. The Bertz CT molecular complexity index is 1610. The number of amides is 2. The molecule has 1 aliphatic rings. The quantitative estimate of drug-likeness (QED) is 0.288. The number of para-hydroxylation sites is 1. The van der Waals surface area contributed by atoms with Crippen LogP contribution in [0.3, 0.4) is 0 Å². The molecule has 6 nitrogen and oxygen atoms in total. The van der Waals surface area contributed by atoms with E-state index in [0.717, 1.165) is 45.0 Å². The highest BCUT2D eigenvalue weighted by Gasteiger charge is 2.28. The van der Waals surface area contributed by atoms with E-state index in [4.69, 9.17) is 10.7 Å². The Morgan fingerprint density at radius 3 is 2.62 bits per heavy atom. The van der Waals surface area contributed by atoms with Crippen LogP contribution in [0.15, 0.2) is 78.2 Å². The number of hydrogen-bond acceptors (Lipinski definition) is 6. The van der Waals surface area contributed by atoms with Gasteiger partial charge in [-0.1, -0.05) is 54.6 Å². The molecule has 184 valence electrons. The van der Waals surface area contributed by atoms with E-state index in [9.17, 15) is 9.59 Å². The summed E-state index contributed by atoms with van der Waals surface area (Å²) < 4.78 is 0. The molecule has 0 unspecified atom stereocenters. The van der Waals surface area contributed by atoms with Crippen LogP contribution in [0.4, 0.5) is 5.00 Å². The highest BCUT2D eigenvalue weighted by atomic mass is 32.1. The first-order chi connectivity index (χ1) is 18.1. The number of nitrogens with zero attached hydrogens (tertiary/aromatic N) is 2. The maximum absolute atomic E-state index is 13.7. The molecule has 37 heavy (non-hydrogen) atoms. The predicted octanol–water partition coefficient (Wildman–Crippen LogP) is 5.93. The fraction of sp³-hybridized carbons (Fsp3) is 0.138. The summed E-state index contributed by atoms with van der Waals surface area (Å²) in [4.78, 5) is 35.4. The number of pyridine rings is 1. The minimum absolute atomic E-state index is 0.279. The molecule has 0 bridgehead atoms. The number of benzene rings is 2. The van der Waals surface area contributed by atoms with Gasteiger partial charge in [-0.15, -0.1) is 22.7 Å². The molecule has 2 amide bonds. The van der Waals surface area contributed by atoms with Crippen LogP contribution in [-0.2, 0) is 19.5 Å². The predicted molar refractivity (Wildman–Crippen MR) is 150 cm³/mol. The molecular formula is C29H24N4O2S2. The Balaban J connectivity index is 1.33. The summed E-state index contributed by atoms with van der Waals surface area (Å²) >= 11 is 3.02. The average Bonchev–Trinajstić information content (AvgIpc) is 3.56. The van der Waals surface area contributed by atoms with Gasteiger partial charge < -0.3 is 11.1 Å². The van der Waals surface area contributed by atoms with Crippen molar-refractivity contribution in [2.45, 2.75) is 19.5 Å². The first-order valence-corrected chi connectivity index (χ1v) is 13.7. The Morgan fingerprint density at radius 2 is 1.84 bits per heavy atom. The summed E-state index contributed by atoms with van der Waals surface area (Å²) in [5, 5.41) is 6.30. The highest BCUT2D eigenvalue weighted by Crippen LogP contribution is 2.38. The number of hydrogen-bond donors (Lipinski definition) is 2. The number of aromatic nitrogens is 1. The van der Waals surface area contributed by atoms with E-state index in [1.807, 2.05) is 66.0 Å². The topological polar surface area (TPSA) is 88.3 Å². The number of nitrogens with one attached hydrogen (secondary N) is 1. The van der Waals surface area contributed by atoms with Crippen molar-refractivity contribution in [2.24, 2.45) is 5.73 Å². The van der Waals surface area contributed by atoms with Gasteiger partial charge in [-0.2, -0.15) is 0 Å². The van der Waals surface area contributed by atoms with Crippen LogP contribution in [0, 0.1) is 0 Å². The summed E-state index contributed by atoms with van der Waals surface area (Å²) in [5.74, 6) is -0.790. The van der Waals surface area contributed by atoms with Crippen molar-refractivity contribution in [3.05, 3.63) is 105 Å². The fourth-order valence-corrected chi connectivity index (χ4v) is 6.84. The van der Waals surface area contributed by atoms with E-state index in [1.54, 1.807) is 11.3 Å². The van der Waals surface area contributed by atoms with Crippen molar-refractivity contribution >= 4 is 50.4 Å². The van der Waals surface area contributed by atoms with Gasteiger partial charge in [-0.3, -0.25) is 14.5 Å². The van der Waals surface area contributed by atoms with Crippen LogP contribution in [0.25, 0.3) is 21.5 Å². The molecule has 0 aliphatic carbocycles. The van der Waals surface area contributed by atoms with Crippen LogP contribution >= 0.6 is 22.7 Å². The summed E-state index contributed by atoms with van der Waals surface area (Å²) in [6.45, 7) is 2.37. The summed E-state index contributed by atoms with van der Waals surface area (Å²) in [6, 6.07) is 23.7. The molecule has 1 aliphatic heterocycles. The number of fused-ring (bicyclic) bond motifs is 2. The van der Waals surface area contributed by atoms with Crippen molar-refractivity contribution in [3.63, 3.8) is 0 Å². The lowest BCUT2D eigenvalue weighted by atomic mass is 10.0. The lowest BCUT2D eigenvalue weighted by molar-refractivity contribution is 0.0999. The fourth-order valence-electron chi connectivity index (χ4n) is 4.87. The molecule has 3 N–H and O–H groups in total. The van der Waals surface area contributed by atoms with Gasteiger partial charge in [0.1, 0.15) is 5.00 Å². The van der Waals surface area contributed by atoms with Gasteiger partial charge in [-0.25, -0.2) is 4.98 Å². The number of rotatable bonds is 6.